The van der Waals surface area contributed by atoms with E-state index < -0.39 is 0 Å². The van der Waals surface area contributed by atoms with Gasteiger partial charge in [0, 0.05) is 5.02 Å². The van der Waals surface area contributed by atoms with Crippen molar-refractivity contribution >= 4 is 11.6 Å². The Hall–Kier alpha value is -0.530. The molecule has 1 aromatic rings. The van der Waals surface area contributed by atoms with Gasteiger partial charge in [0.25, 0.3) is 0 Å². The van der Waals surface area contributed by atoms with Gasteiger partial charge in [-0.3, -0.25) is 0 Å². The Balaban J connectivity index is 2.17. The number of halogens is 1. The van der Waals surface area contributed by atoms with E-state index in [-0.39, 0.29) is 6.10 Å². The summed E-state index contributed by atoms with van der Waals surface area (Å²) in [6, 6.07) is 5.75. The fourth-order valence-corrected chi connectivity index (χ4v) is 2.78. The van der Waals surface area contributed by atoms with Gasteiger partial charge in [-0.1, -0.05) is 76.0 Å². The molecule has 0 aromatic heterocycles. The van der Waals surface area contributed by atoms with E-state index in [4.69, 9.17) is 11.6 Å². The summed E-state index contributed by atoms with van der Waals surface area (Å²) >= 11 is 5.99. The number of hydrogen-bond donors (Lipinski definition) is 1. The molecular weight excluding hydrogens is 268 g/mol. The lowest BCUT2D eigenvalue weighted by atomic mass is 9.98. The van der Waals surface area contributed by atoms with Gasteiger partial charge in [0.1, 0.15) is 0 Å². The van der Waals surface area contributed by atoms with Crippen LogP contribution in [-0.4, -0.2) is 5.11 Å². The van der Waals surface area contributed by atoms with Gasteiger partial charge in [0.15, 0.2) is 0 Å². The Labute approximate surface area is 129 Å². The van der Waals surface area contributed by atoms with Crippen molar-refractivity contribution in [1.82, 2.24) is 0 Å². The van der Waals surface area contributed by atoms with Crippen LogP contribution in [0, 0.1) is 6.92 Å². The van der Waals surface area contributed by atoms with Gasteiger partial charge in [0.2, 0.25) is 0 Å². The molecule has 1 aromatic carbocycles. The highest BCUT2D eigenvalue weighted by Gasteiger charge is 2.10. The van der Waals surface area contributed by atoms with Gasteiger partial charge in [-0.05, 0) is 36.6 Å². The maximum Gasteiger partial charge on any atom is 0.0793 e. The van der Waals surface area contributed by atoms with Gasteiger partial charge in [0.05, 0.1) is 6.10 Å². The number of hydrogen-bond acceptors (Lipinski definition) is 1. The van der Waals surface area contributed by atoms with Gasteiger partial charge in [-0.25, -0.2) is 0 Å². The number of unbranched alkanes of at least 4 members (excludes halogenated alkanes) is 7. The van der Waals surface area contributed by atoms with Crippen molar-refractivity contribution in [2.75, 3.05) is 0 Å². The molecule has 2 heteroatoms. The second-order valence-corrected chi connectivity index (χ2v) is 6.22. The molecule has 0 aliphatic heterocycles. The zero-order chi connectivity index (χ0) is 14.8. The van der Waals surface area contributed by atoms with Gasteiger partial charge < -0.3 is 5.11 Å². The van der Waals surface area contributed by atoms with E-state index in [1.54, 1.807) is 0 Å². The summed E-state index contributed by atoms with van der Waals surface area (Å²) in [6.45, 7) is 4.28. The molecule has 0 fully saturated rings. The summed E-state index contributed by atoms with van der Waals surface area (Å²) < 4.78 is 0. The number of aryl methyl sites for hydroxylation is 1. The quantitative estimate of drug-likeness (QED) is 0.509. The molecule has 1 rings (SSSR count). The highest BCUT2D eigenvalue weighted by Crippen LogP contribution is 2.26. The third-order valence-corrected chi connectivity index (χ3v) is 4.17. The molecule has 20 heavy (non-hydrogen) atoms. The van der Waals surface area contributed by atoms with Crippen molar-refractivity contribution < 1.29 is 5.11 Å². The zero-order valence-electron chi connectivity index (χ0n) is 13.0. The van der Waals surface area contributed by atoms with Crippen LogP contribution in [-0.2, 0) is 0 Å². The van der Waals surface area contributed by atoms with Crippen molar-refractivity contribution in [3.8, 4) is 0 Å². The maximum absolute atomic E-state index is 10.2. The van der Waals surface area contributed by atoms with E-state index >= 15 is 0 Å². The minimum atomic E-state index is -0.367. The first-order chi connectivity index (χ1) is 9.65. The predicted octanol–water partition coefficient (Wildman–Crippen LogP) is 6.21. The van der Waals surface area contributed by atoms with Crippen LogP contribution < -0.4 is 0 Å². The smallest absolute Gasteiger partial charge is 0.0793 e. The second-order valence-electron chi connectivity index (χ2n) is 5.78. The third kappa shape index (κ3) is 6.76. The minimum absolute atomic E-state index is 0.367. The summed E-state index contributed by atoms with van der Waals surface area (Å²) in [5, 5.41) is 10.9. The molecule has 114 valence electrons. The number of benzene rings is 1. The fourth-order valence-electron chi connectivity index (χ4n) is 2.60. The minimum Gasteiger partial charge on any atom is -0.388 e. The molecule has 0 aliphatic rings. The molecule has 0 radical (unpaired) electrons. The Bertz CT molecular complexity index is 376. The third-order valence-electron chi connectivity index (χ3n) is 3.93. The molecule has 0 saturated carbocycles. The van der Waals surface area contributed by atoms with Crippen LogP contribution in [0.1, 0.15) is 81.9 Å². The molecule has 0 amide bonds. The normalized spacial score (nSPS) is 12.6. The van der Waals surface area contributed by atoms with E-state index in [9.17, 15) is 5.11 Å². The molecule has 1 unspecified atom stereocenters. The Kier molecular flexibility index (Phi) is 8.97. The standard InChI is InChI=1S/C18H29ClO/c1-3-4-5-6-7-8-9-10-11-18(20)17-14-16(19)13-12-15(17)2/h12-14,18,20H,3-11H2,1-2H3. The van der Waals surface area contributed by atoms with Crippen molar-refractivity contribution in [2.45, 2.75) is 77.7 Å². The average Bonchev–Trinajstić information content (AvgIpc) is 2.44. The van der Waals surface area contributed by atoms with Crippen molar-refractivity contribution in [3.63, 3.8) is 0 Å². The SMILES string of the molecule is CCCCCCCCCCC(O)c1cc(Cl)ccc1C. The Morgan fingerprint density at radius 2 is 1.60 bits per heavy atom. The molecule has 0 spiro atoms. The average molecular weight is 297 g/mol. The monoisotopic (exact) mass is 296 g/mol. The highest BCUT2D eigenvalue weighted by molar-refractivity contribution is 6.30. The Morgan fingerprint density at radius 3 is 2.25 bits per heavy atom. The summed E-state index contributed by atoms with van der Waals surface area (Å²) in [4.78, 5) is 0. The number of rotatable bonds is 10. The lowest BCUT2D eigenvalue weighted by molar-refractivity contribution is 0.162. The van der Waals surface area contributed by atoms with Gasteiger partial charge >= 0.3 is 0 Å². The lowest BCUT2D eigenvalue weighted by Gasteiger charge is -2.14. The van der Waals surface area contributed by atoms with Crippen LogP contribution in [0.5, 0.6) is 0 Å². The fraction of sp³-hybridized carbons (Fsp3) is 0.667. The summed E-state index contributed by atoms with van der Waals surface area (Å²) in [6.07, 6.45) is 10.9. The van der Waals surface area contributed by atoms with E-state index in [1.165, 1.54) is 44.9 Å². The van der Waals surface area contributed by atoms with Gasteiger partial charge in [-0.2, -0.15) is 0 Å². The van der Waals surface area contributed by atoms with E-state index in [0.717, 1.165) is 24.0 Å². The van der Waals surface area contributed by atoms with Crippen LogP contribution in [0.2, 0.25) is 5.02 Å². The predicted molar refractivity (Wildman–Crippen MR) is 88.4 cm³/mol. The zero-order valence-corrected chi connectivity index (χ0v) is 13.8. The lowest BCUT2D eigenvalue weighted by Crippen LogP contribution is -2.00. The maximum atomic E-state index is 10.2. The molecule has 1 nitrogen and oxygen atoms in total. The van der Waals surface area contributed by atoms with E-state index in [2.05, 4.69) is 6.92 Å². The van der Waals surface area contributed by atoms with E-state index in [1.807, 2.05) is 25.1 Å². The first-order valence-corrected chi connectivity index (χ1v) is 8.47. The van der Waals surface area contributed by atoms with E-state index in [0.29, 0.717) is 5.02 Å². The number of aliphatic hydroxyl groups is 1. The largest absolute Gasteiger partial charge is 0.388 e. The first kappa shape index (κ1) is 17.5. The van der Waals surface area contributed by atoms with Crippen molar-refractivity contribution in [1.29, 1.82) is 0 Å². The summed E-state index contributed by atoms with van der Waals surface area (Å²) in [5.74, 6) is 0. The molecular formula is C18H29ClO. The first-order valence-electron chi connectivity index (χ1n) is 8.09. The topological polar surface area (TPSA) is 20.2 Å². The van der Waals surface area contributed by atoms with Crippen LogP contribution in [0.15, 0.2) is 18.2 Å². The molecule has 0 heterocycles. The summed E-state index contributed by atoms with van der Waals surface area (Å²) in [7, 11) is 0. The van der Waals surface area contributed by atoms with Crippen LogP contribution in [0.4, 0.5) is 0 Å². The van der Waals surface area contributed by atoms with Crippen molar-refractivity contribution in [3.05, 3.63) is 34.3 Å². The van der Waals surface area contributed by atoms with Crippen molar-refractivity contribution in [2.24, 2.45) is 0 Å². The molecule has 1 N–H and O–H groups in total. The second kappa shape index (κ2) is 10.2. The molecule has 0 aliphatic carbocycles. The van der Waals surface area contributed by atoms with Crippen LogP contribution in [0.3, 0.4) is 0 Å². The Morgan fingerprint density at radius 1 is 1.00 bits per heavy atom. The van der Waals surface area contributed by atoms with Crippen LogP contribution >= 0.6 is 11.6 Å². The summed E-state index contributed by atoms with van der Waals surface area (Å²) in [5.41, 5.74) is 2.11. The number of aliphatic hydroxyl groups excluding tert-OH is 1. The molecule has 1 atom stereocenters. The van der Waals surface area contributed by atoms with Gasteiger partial charge in [-0.15, -0.1) is 0 Å². The van der Waals surface area contributed by atoms with Crippen LogP contribution in [0.25, 0.3) is 0 Å². The highest BCUT2D eigenvalue weighted by atomic mass is 35.5. The molecule has 0 bridgehead atoms. The molecule has 0 saturated heterocycles.